The third kappa shape index (κ3) is 8.64. The monoisotopic (exact) mass is 589 g/mol. The van der Waals surface area contributed by atoms with Crippen LogP contribution in [0.5, 0.6) is 0 Å². The largest absolute Gasteiger partial charge is 0.480 e. The van der Waals surface area contributed by atoms with Crippen molar-refractivity contribution in [2.24, 2.45) is 5.92 Å². The Morgan fingerprint density at radius 3 is 2.21 bits per heavy atom. The number of benzene rings is 3. The average molecular weight is 590 g/mol. The molecular formula is C34H40FN3O5. The molecule has 4 rings (SSSR count). The number of carboxylic acid groups (broad SMARTS) is 1. The minimum Gasteiger partial charge on any atom is -0.480 e. The molecule has 0 aliphatic heterocycles. The van der Waals surface area contributed by atoms with Gasteiger partial charge in [-0.1, -0.05) is 30.3 Å². The van der Waals surface area contributed by atoms with Crippen LogP contribution in [-0.4, -0.2) is 40.8 Å². The fourth-order valence-corrected chi connectivity index (χ4v) is 5.21. The van der Waals surface area contributed by atoms with Crippen molar-refractivity contribution < 1.29 is 28.6 Å². The topological polar surface area (TPSA) is 117 Å². The van der Waals surface area contributed by atoms with Gasteiger partial charge >= 0.3 is 12.0 Å². The van der Waals surface area contributed by atoms with Gasteiger partial charge < -0.3 is 25.8 Å². The van der Waals surface area contributed by atoms with Crippen LogP contribution in [0.1, 0.15) is 67.6 Å². The van der Waals surface area contributed by atoms with E-state index < -0.39 is 41.5 Å². The fourth-order valence-electron chi connectivity index (χ4n) is 5.21. The lowest BCUT2D eigenvalue weighted by Crippen LogP contribution is -2.50. The molecule has 2 atom stereocenters. The summed E-state index contributed by atoms with van der Waals surface area (Å²) in [5.74, 6) is -1.67. The number of hydrogen-bond acceptors (Lipinski definition) is 4. The quantitative estimate of drug-likeness (QED) is 0.201. The molecule has 1 saturated carbocycles. The second-order valence-corrected chi connectivity index (χ2v) is 12.3. The molecule has 3 aromatic rings. The highest BCUT2D eigenvalue weighted by Crippen LogP contribution is 2.34. The van der Waals surface area contributed by atoms with E-state index >= 15 is 0 Å². The molecule has 0 unspecified atom stereocenters. The van der Waals surface area contributed by atoms with Gasteiger partial charge in [0.15, 0.2) is 6.04 Å². The second kappa shape index (κ2) is 13.0. The Balaban J connectivity index is 1.62. The van der Waals surface area contributed by atoms with E-state index in [0.717, 1.165) is 23.5 Å². The fraction of sp³-hybridized carbons (Fsp3) is 0.382. The smallest absolute Gasteiger partial charge is 0.328 e. The van der Waals surface area contributed by atoms with Crippen LogP contribution >= 0.6 is 0 Å². The van der Waals surface area contributed by atoms with Crippen molar-refractivity contribution in [3.05, 3.63) is 82.7 Å². The molecule has 0 aromatic heterocycles. The molecule has 1 aliphatic rings. The molecular weight excluding hydrogens is 549 g/mol. The zero-order chi connectivity index (χ0) is 31.5. The highest BCUT2D eigenvalue weighted by molar-refractivity contribution is 6.08. The molecule has 1 fully saturated rings. The summed E-state index contributed by atoms with van der Waals surface area (Å²) in [6.45, 7) is 10.8. The lowest BCUT2D eigenvalue weighted by Gasteiger charge is -2.29. The predicted octanol–water partition coefficient (Wildman–Crippen LogP) is 7.09. The van der Waals surface area contributed by atoms with Crippen LogP contribution in [0.25, 0.3) is 11.1 Å². The van der Waals surface area contributed by atoms with Gasteiger partial charge in [0.1, 0.15) is 5.82 Å². The van der Waals surface area contributed by atoms with E-state index in [1.807, 2.05) is 13.8 Å². The van der Waals surface area contributed by atoms with E-state index in [-0.39, 0.29) is 11.3 Å². The number of carbonyl (C=O) groups is 3. The van der Waals surface area contributed by atoms with Gasteiger partial charge in [-0.15, -0.1) is 0 Å². The number of nitrogens with one attached hydrogen (secondary N) is 3. The van der Waals surface area contributed by atoms with Gasteiger partial charge in [0, 0.05) is 5.69 Å². The number of hydrogen-bond donors (Lipinski definition) is 4. The third-order valence-corrected chi connectivity index (χ3v) is 7.28. The van der Waals surface area contributed by atoms with Crippen LogP contribution in [0, 0.1) is 25.6 Å². The van der Waals surface area contributed by atoms with E-state index in [4.69, 9.17) is 4.74 Å². The highest BCUT2D eigenvalue weighted by Gasteiger charge is 2.31. The number of carbonyl (C=O) groups excluding carboxylic acids is 2. The maximum absolute atomic E-state index is 14.0. The normalized spacial score (nSPS) is 14.5. The number of rotatable bonds is 10. The molecule has 0 spiro atoms. The van der Waals surface area contributed by atoms with E-state index in [1.54, 1.807) is 52.0 Å². The van der Waals surface area contributed by atoms with Gasteiger partial charge in [-0.05, 0) is 119 Å². The summed E-state index contributed by atoms with van der Waals surface area (Å²) in [6, 6.07) is 12.8. The Labute approximate surface area is 252 Å². The Hall–Kier alpha value is -4.24. The van der Waals surface area contributed by atoms with Crippen molar-refractivity contribution in [3.63, 3.8) is 0 Å². The first-order valence-electron chi connectivity index (χ1n) is 14.5. The first-order chi connectivity index (χ1) is 20.2. The van der Waals surface area contributed by atoms with Gasteiger partial charge in [-0.25, -0.2) is 14.0 Å². The van der Waals surface area contributed by atoms with Gasteiger partial charge in [-0.3, -0.25) is 4.79 Å². The number of urea groups is 1. The van der Waals surface area contributed by atoms with Crippen molar-refractivity contribution in [3.8, 4) is 11.1 Å². The summed E-state index contributed by atoms with van der Waals surface area (Å²) < 4.78 is 19.8. The van der Waals surface area contributed by atoms with E-state index in [0.29, 0.717) is 16.8 Å². The van der Waals surface area contributed by atoms with Gasteiger partial charge in [-0.2, -0.15) is 0 Å². The van der Waals surface area contributed by atoms with E-state index in [2.05, 4.69) is 28.1 Å². The lowest BCUT2D eigenvalue weighted by molar-refractivity contribution is -0.146. The maximum atomic E-state index is 14.0. The summed E-state index contributed by atoms with van der Waals surface area (Å²) in [4.78, 5) is 38.8. The number of amides is 3. The average Bonchev–Trinajstić information content (AvgIpc) is 3.72. The summed E-state index contributed by atoms with van der Waals surface area (Å²) >= 11 is 0. The maximum Gasteiger partial charge on any atom is 0.328 e. The second-order valence-electron chi connectivity index (χ2n) is 12.3. The molecule has 43 heavy (non-hydrogen) atoms. The molecule has 9 heteroatoms. The Kier molecular flexibility index (Phi) is 9.55. The number of carboxylic acids is 1. The summed E-state index contributed by atoms with van der Waals surface area (Å²) in [6.07, 6.45) is 2.68. The summed E-state index contributed by atoms with van der Waals surface area (Å²) in [5.41, 5.74) is 4.40. The lowest BCUT2D eigenvalue weighted by atomic mass is 10.0. The molecule has 0 bridgehead atoms. The van der Waals surface area contributed by atoms with Crippen LogP contribution in [0.3, 0.4) is 0 Å². The Morgan fingerprint density at radius 1 is 0.977 bits per heavy atom. The summed E-state index contributed by atoms with van der Waals surface area (Å²) in [5, 5.41) is 18.1. The molecule has 4 N–H and O–H groups in total. The van der Waals surface area contributed by atoms with Crippen LogP contribution < -0.4 is 16.0 Å². The van der Waals surface area contributed by atoms with Crippen molar-refractivity contribution in [1.29, 1.82) is 0 Å². The van der Waals surface area contributed by atoms with Crippen LogP contribution in [0.15, 0.2) is 54.6 Å². The summed E-state index contributed by atoms with van der Waals surface area (Å²) in [7, 11) is 0. The number of aryl methyl sites for hydroxylation is 2. The molecule has 228 valence electrons. The number of ether oxygens (including phenoxy) is 1. The first-order valence-corrected chi connectivity index (χ1v) is 14.5. The minimum absolute atomic E-state index is 0.0396. The number of halogens is 1. The van der Waals surface area contributed by atoms with Crippen molar-refractivity contribution in [1.82, 2.24) is 5.32 Å². The molecule has 1 aliphatic carbocycles. The zero-order valence-electron chi connectivity index (χ0n) is 25.5. The zero-order valence-corrected chi connectivity index (χ0v) is 25.5. The molecule has 0 radical (unpaired) electrons. The van der Waals surface area contributed by atoms with Crippen molar-refractivity contribution >= 4 is 29.3 Å². The van der Waals surface area contributed by atoms with Crippen LogP contribution in [-0.2, 0) is 16.0 Å². The highest BCUT2D eigenvalue weighted by atomic mass is 19.1. The van der Waals surface area contributed by atoms with Crippen LogP contribution in [0.2, 0.25) is 0 Å². The van der Waals surface area contributed by atoms with E-state index in [9.17, 15) is 23.9 Å². The molecule has 3 aromatic carbocycles. The predicted molar refractivity (Wildman–Crippen MR) is 166 cm³/mol. The van der Waals surface area contributed by atoms with Gasteiger partial charge in [0.05, 0.1) is 23.0 Å². The van der Waals surface area contributed by atoms with Gasteiger partial charge in [0.25, 0.3) is 5.91 Å². The van der Waals surface area contributed by atoms with E-state index in [1.165, 1.54) is 36.6 Å². The minimum atomic E-state index is -1.35. The van der Waals surface area contributed by atoms with Crippen LogP contribution in [0.4, 0.5) is 20.6 Å². The Bertz CT molecular complexity index is 1500. The standard InChI is InChI=1S/C34H40FN3O5/c1-19-14-23(16-22-10-11-22)15-20(2)29(19)38-33(42)36-28-18-25(24-8-7-9-26(35)17-24)12-13-27(28)31(39)37-30(32(40)41)21(3)43-34(4,5)6/h7-9,12-15,17-18,21-22,30H,10-11,16H2,1-6H3,(H,37,39)(H,40,41)(H2,36,38,42)/t21-,30+/m1/s1. The van der Waals surface area contributed by atoms with Crippen molar-refractivity contribution in [2.75, 3.05) is 10.6 Å². The molecule has 8 nitrogen and oxygen atoms in total. The first kappa shape index (κ1) is 31.7. The molecule has 0 heterocycles. The number of aliphatic carboxylic acids is 1. The number of anilines is 2. The molecule has 0 saturated heterocycles. The SMILES string of the molecule is Cc1cc(CC2CC2)cc(C)c1NC(=O)Nc1cc(-c2cccc(F)c2)ccc1C(=O)N[C@H](C(=O)O)[C@@H](C)OC(C)(C)C. The van der Waals surface area contributed by atoms with Crippen molar-refractivity contribution in [2.45, 2.75) is 78.6 Å². The molecule has 3 amide bonds. The van der Waals surface area contributed by atoms with Gasteiger partial charge in [0.2, 0.25) is 0 Å². The Morgan fingerprint density at radius 2 is 1.63 bits per heavy atom. The third-order valence-electron chi connectivity index (χ3n) is 7.28.